The summed E-state index contributed by atoms with van der Waals surface area (Å²) in [7, 11) is 0. The lowest BCUT2D eigenvalue weighted by Gasteiger charge is -2.09. The molecule has 0 atom stereocenters. The summed E-state index contributed by atoms with van der Waals surface area (Å²) >= 11 is 0. The van der Waals surface area contributed by atoms with Crippen LogP contribution in [-0.2, 0) is 9.53 Å². The molecule has 0 aliphatic rings. The molecular formula is C13H18N2O6. The van der Waals surface area contributed by atoms with E-state index in [1.54, 1.807) is 6.07 Å². The minimum Gasteiger partial charge on any atom is -0.493 e. The summed E-state index contributed by atoms with van der Waals surface area (Å²) < 4.78 is 10.3. The van der Waals surface area contributed by atoms with Crippen LogP contribution < -0.4 is 10.1 Å². The SMILES string of the molecule is CCCOc1cc(NCCOCC(=O)O)cc([N+](=O)[O-])c1. The Hall–Kier alpha value is -2.35. The van der Waals surface area contributed by atoms with Crippen molar-refractivity contribution in [2.24, 2.45) is 0 Å². The molecule has 0 spiro atoms. The van der Waals surface area contributed by atoms with Crippen LogP contribution in [0.2, 0.25) is 0 Å². The summed E-state index contributed by atoms with van der Waals surface area (Å²) in [5, 5.41) is 22.2. The van der Waals surface area contributed by atoms with Crippen molar-refractivity contribution in [1.82, 2.24) is 0 Å². The van der Waals surface area contributed by atoms with E-state index in [1.165, 1.54) is 12.1 Å². The summed E-state index contributed by atoms with van der Waals surface area (Å²) in [5.74, 6) is -0.624. The number of carbonyl (C=O) groups is 1. The minimum absolute atomic E-state index is 0.0717. The van der Waals surface area contributed by atoms with Crippen LogP contribution in [0.1, 0.15) is 13.3 Å². The Morgan fingerprint density at radius 1 is 1.38 bits per heavy atom. The van der Waals surface area contributed by atoms with Gasteiger partial charge in [-0.15, -0.1) is 0 Å². The first kappa shape index (κ1) is 16.7. The van der Waals surface area contributed by atoms with Gasteiger partial charge in [-0.1, -0.05) is 6.92 Å². The second-order valence-electron chi connectivity index (χ2n) is 4.19. The summed E-state index contributed by atoms with van der Waals surface area (Å²) in [6.45, 7) is 2.56. The van der Waals surface area contributed by atoms with Crippen LogP contribution in [0.25, 0.3) is 0 Å². The Kier molecular flexibility index (Phi) is 6.96. The molecule has 0 radical (unpaired) electrons. The highest BCUT2D eigenvalue weighted by Crippen LogP contribution is 2.26. The molecule has 8 heteroatoms. The van der Waals surface area contributed by atoms with Gasteiger partial charge >= 0.3 is 5.97 Å². The van der Waals surface area contributed by atoms with Crippen molar-refractivity contribution < 1.29 is 24.3 Å². The van der Waals surface area contributed by atoms with Crippen molar-refractivity contribution in [3.05, 3.63) is 28.3 Å². The first-order chi connectivity index (χ1) is 10.0. The number of nitro groups is 1. The number of carboxylic acid groups (broad SMARTS) is 1. The number of nitrogens with one attached hydrogen (secondary N) is 1. The Bertz CT molecular complexity index is 492. The Morgan fingerprint density at radius 3 is 2.76 bits per heavy atom. The van der Waals surface area contributed by atoms with Crippen LogP contribution in [-0.4, -0.2) is 42.4 Å². The van der Waals surface area contributed by atoms with Gasteiger partial charge in [0.15, 0.2) is 0 Å². The molecule has 0 bridgehead atoms. The number of non-ortho nitro benzene ring substituents is 1. The van der Waals surface area contributed by atoms with Crippen molar-refractivity contribution >= 4 is 17.3 Å². The lowest BCUT2D eigenvalue weighted by atomic mass is 10.2. The van der Waals surface area contributed by atoms with E-state index in [9.17, 15) is 14.9 Å². The predicted molar refractivity (Wildman–Crippen MR) is 75.8 cm³/mol. The minimum atomic E-state index is -1.04. The third kappa shape index (κ3) is 6.57. The molecule has 0 aliphatic carbocycles. The second-order valence-corrected chi connectivity index (χ2v) is 4.19. The molecule has 0 heterocycles. The van der Waals surface area contributed by atoms with Crippen LogP contribution in [0.5, 0.6) is 5.75 Å². The van der Waals surface area contributed by atoms with Gasteiger partial charge in [-0.25, -0.2) is 4.79 Å². The van der Waals surface area contributed by atoms with Crippen LogP contribution >= 0.6 is 0 Å². The molecule has 1 aromatic rings. The largest absolute Gasteiger partial charge is 0.493 e. The maximum Gasteiger partial charge on any atom is 0.329 e. The lowest BCUT2D eigenvalue weighted by Crippen LogP contribution is -2.14. The zero-order valence-corrected chi connectivity index (χ0v) is 11.7. The maximum absolute atomic E-state index is 10.9. The normalized spacial score (nSPS) is 10.1. The molecule has 0 amide bonds. The number of hydrogen-bond donors (Lipinski definition) is 2. The molecule has 0 unspecified atom stereocenters. The van der Waals surface area contributed by atoms with Crippen molar-refractivity contribution in [2.75, 3.05) is 31.7 Å². The standard InChI is InChI=1S/C13H18N2O6/c1-2-4-21-12-7-10(6-11(8-12)15(18)19)14-3-5-20-9-13(16)17/h6-8,14H,2-5,9H2,1H3,(H,16,17). The second kappa shape index (κ2) is 8.75. The Morgan fingerprint density at radius 2 is 2.14 bits per heavy atom. The zero-order chi connectivity index (χ0) is 15.7. The van der Waals surface area contributed by atoms with E-state index in [1.807, 2.05) is 6.92 Å². The number of aliphatic carboxylic acids is 1. The number of benzene rings is 1. The van der Waals surface area contributed by atoms with Gasteiger partial charge in [0.2, 0.25) is 0 Å². The highest BCUT2D eigenvalue weighted by atomic mass is 16.6. The molecule has 0 saturated heterocycles. The van der Waals surface area contributed by atoms with Gasteiger partial charge in [-0.2, -0.15) is 0 Å². The summed E-state index contributed by atoms with van der Waals surface area (Å²) in [4.78, 5) is 20.6. The van der Waals surface area contributed by atoms with Gasteiger partial charge in [0.25, 0.3) is 5.69 Å². The number of hydrogen-bond acceptors (Lipinski definition) is 6. The fraction of sp³-hybridized carbons (Fsp3) is 0.462. The molecule has 21 heavy (non-hydrogen) atoms. The Balaban J connectivity index is 2.60. The van der Waals surface area contributed by atoms with Crippen LogP contribution in [0.4, 0.5) is 11.4 Å². The van der Waals surface area contributed by atoms with Gasteiger partial charge in [0.05, 0.1) is 24.2 Å². The third-order valence-corrected chi connectivity index (χ3v) is 2.38. The molecule has 8 nitrogen and oxygen atoms in total. The average molecular weight is 298 g/mol. The molecule has 0 aromatic heterocycles. The fourth-order valence-electron chi connectivity index (χ4n) is 1.52. The van der Waals surface area contributed by atoms with E-state index in [0.29, 0.717) is 24.6 Å². The first-order valence-electron chi connectivity index (χ1n) is 6.48. The highest BCUT2D eigenvalue weighted by Gasteiger charge is 2.10. The average Bonchev–Trinajstić information content (AvgIpc) is 2.44. The van der Waals surface area contributed by atoms with Gasteiger partial charge in [0, 0.05) is 24.4 Å². The monoisotopic (exact) mass is 298 g/mol. The number of anilines is 1. The smallest absolute Gasteiger partial charge is 0.329 e. The molecule has 1 aromatic carbocycles. The van der Waals surface area contributed by atoms with Crippen molar-refractivity contribution in [3.8, 4) is 5.75 Å². The molecule has 2 N–H and O–H groups in total. The van der Waals surface area contributed by atoms with Crippen molar-refractivity contribution in [2.45, 2.75) is 13.3 Å². The van der Waals surface area contributed by atoms with E-state index in [2.05, 4.69) is 5.32 Å². The summed E-state index contributed by atoms with van der Waals surface area (Å²) in [6, 6.07) is 4.40. The van der Waals surface area contributed by atoms with Gasteiger partial charge < -0.3 is 19.9 Å². The molecule has 0 saturated carbocycles. The quantitative estimate of drug-likeness (QED) is 0.385. The van der Waals surface area contributed by atoms with E-state index >= 15 is 0 Å². The fourth-order valence-corrected chi connectivity index (χ4v) is 1.52. The van der Waals surface area contributed by atoms with E-state index < -0.39 is 10.9 Å². The highest BCUT2D eigenvalue weighted by molar-refractivity contribution is 5.68. The lowest BCUT2D eigenvalue weighted by molar-refractivity contribution is -0.384. The number of carboxylic acids is 1. The van der Waals surface area contributed by atoms with Gasteiger partial charge in [0.1, 0.15) is 12.4 Å². The summed E-state index contributed by atoms with van der Waals surface area (Å²) in [6.07, 6.45) is 0.800. The predicted octanol–water partition coefficient (Wildman–Crippen LogP) is 1.90. The van der Waals surface area contributed by atoms with Crippen LogP contribution in [0.3, 0.4) is 0 Å². The summed E-state index contributed by atoms with van der Waals surface area (Å²) in [5.41, 5.74) is 0.451. The Labute approximate surface area is 121 Å². The van der Waals surface area contributed by atoms with Gasteiger partial charge in [-0.3, -0.25) is 10.1 Å². The number of rotatable bonds is 10. The zero-order valence-electron chi connectivity index (χ0n) is 11.7. The number of ether oxygens (including phenoxy) is 2. The molecule has 0 fully saturated rings. The van der Waals surface area contributed by atoms with E-state index in [0.717, 1.165) is 6.42 Å². The number of nitro benzene ring substituents is 1. The first-order valence-corrected chi connectivity index (χ1v) is 6.48. The molecule has 0 aliphatic heterocycles. The molecule has 1 rings (SSSR count). The van der Waals surface area contributed by atoms with Crippen LogP contribution in [0, 0.1) is 10.1 Å². The molecule has 116 valence electrons. The molecular weight excluding hydrogens is 280 g/mol. The number of nitrogens with zero attached hydrogens (tertiary/aromatic N) is 1. The van der Waals surface area contributed by atoms with Crippen molar-refractivity contribution in [3.63, 3.8) is 0 Å². The van der Waals surface area contributed by atoms with Crippen LogP contribution in [0.15, 0.2) is 18.2 Å². The van der Waals surface area contributed by atoms with Crippen molar-refractivity contribution in [1.29, 1.82) is 0 Å². The van der Waals surface area contributed by atoms with E-state index in [-0.39, 0.29) is 18.9 Å². The topological polar surface area (TPSA) is 111 Å². The van der Waals surface area contributed by atoms with E-state index in [4.69, 9.17) is 14.6 Å². The van der Waals surface area contributed by atoms with Gasteiger partial charge in [-0.05, 0) is 6.42 Å². The third-order valence-electron chi connectivity index (χ3n) is 2.38. The maximum atomic E-state index is 10.9.